The van der Waals surface area contributed by atoms with Gasteiger partial charge in [0.05, 0.1) is 6.04 Å². The molecule has 9 heteroatoms. The van der Waals surface area contributed by atoms with Crippen LogP contribution in [-0.4, -0.2) is 101 Å². The first-order valence-corrected chi connectivity index (χ1v) is 19.5. The van der Waals surface area contributed by atoms with Crippen molar-refractivity contribution in [2.24, 2.45) is 28.9 Å². The van der Waals surface area contributed by atoms with E-state index in [9.17, 15) is 9.59 Å². The van der Waals surface area contributed by atoms with Crippen molar-refractivity contribution < 1.29 is 9.59 Å². The molecular formula is C44H63N7O2. The number of fused-ring (bicyclic) bond motifs is 2. The Kier molecular flexibility index (Phi) is 11.6. The van der Waals surface area contributed by atoms with Gasteiger partial charge >= 0.3 is 0 Å². The van der Waals surface area contributed by atoms with Crippen LogP contribution in [0.3, 0.4) is 0 Å². The van der Waals surface area contributed by atoms with Gasteiger partial charge in [0.25, 0.3) is 5.91 Å². The Bertz CT molecular complexity index is 1760. The summed E-state index contributed by atoms with van der Waals surface area (Å²) < 4.78 is 0. The van der Waals surface area contributed by atoms with Crippen LogP contribution in [0, 0.1) is 23.2 Å². The SMILES string of the molecule is C[C@@H]1[C@@H](NC(=O)[C@@H]2C[C@H](N)CN2Cc2cccc(-c3cc(C(=O)N[C@@H](Cc4ccccc4)CN(C)C)cc(N(C)C)c3)c2N(C)C)C[C@@H]2C[C@@H]1C2(C)C. The van der Waals surface area contributed by atoms with Crippen molar-refractivity contribution in [3.8, 4) is 11.1 Å². The lowest BCUT2D eigenvalue weighted by Crippen LogP contribution is -2.61. The minimum atomic E-state index is -0.263. The molecule has 2 bridgehead atoms. The molecule has 0 radical (unpaired) electrons. The second kappa shape index (κ2) is 15.8. The highest BCUT2D eigenvalue weighted by Gasteiger charge is 2.56. The summed E-state index contributed by atoms with van der Waals surface area (Å²) in [6.45, 7) is 9.13. The van der Waals surface area contributed by atoms with Crippen LogP contribution in [0.1, 0.15) is 61.5 Å². The fourth-order valence-corrected chi connectivity index (χ4v) is 9.63. The Morgan fingerprint density at radius 1 is 0.925 bits per heavy atom. The van der Waals surface area contributed by atoms with Crippen LogP contribution in [0.25, 0.3) is 11.1 Å². The molecule has 0 aromatic heterocycles. The van der Waals surface area contributed by atoms with E-state index in [1.807, 2.05) is 63.4 Å². The third-order valence-corrected chi connectivity index (χ3v) is 12.6. The summed E-state index contributed by atoms with van der Waals surface area (Å²) in [5, 5.41) is 6.85. The molecule has 7 atom stereocenters. The minimum absolute atomic E-state index is 0.0519. The van der Waals surface area contributed by atoms with Crippen molar-refractivity contribution >= 4 is 23.2 Å². The van der Waals surface area contributed by atoms with E-state index in [2.05, 4.69) is 96.6 Å². The predicted molar refractivity (Wildman–Crippen MR) is 218 cm³/mol. The smallest absolute Gasteiger partial charge is 0.251 e. The molecule has 1 aliphatic heterocycles. The lowest BCUT2D eigenvalue weighted by atomic mass is 9.45. The number of hydrogen-bond acceptors (Lipinski definition) is 7. The Hall–Kier alpha value is -3.92. The number of nitrogens with two attached hydrogens (primary N) is 1. The first-order valence-electron chi connectivity index (χ1n) is 19.5. The molecule has 4 aliphatic rings. The molecule has 3 aliphatic carbocycles. The fourth-order valence-electron chi connectivity index (χ4n) is 9.63. The normalized spacial score (nSPS) is 25.4. The number of rotatable bonds is 13. The second-order valence-corrected chi connectivity index (χ2v) is 17.5. The van der Waals surface area contributed by atoms with E-state index in [1.54, 1.807) is 0 Å². The van der Waals surface area contributed by atoms with Gasteiger partial charge in [0.1, 0.15) is 0 Å². The van der Waals surface area contributed by atoms with Crippen molar-refractivity contribution in [2.75, 3.05) is 65.2 Å². The summed E-state index contributed by atoms with van der Waals surface area (Å²) in [6.07, 6.45) is 3.76. The number of likely N-dealkylation sites (tertiary alicyclic amines) is 1. The van der Waals surface area contributed by atoms with Crippen LogP contribution in [0.4, 0.5) is 11.4 Å². The van der Waals surface area contributed by atoms with Crippen LogP contribution in [-0.2, 0) is 17.8 Å². The first kappa shape index (κ1) is 38.8. The van der Waals surface area contributed by atoms with Gasteiger partial charge in [0.15, 0.2) is 0 Å². The molecule has 1 heterocycles. The van der Waals surface area contributed by atoms with Gasteiger partial charge in [-0.1, -0.05) is 69.3 Å². The highest BCUT2D eigenvalue weighted by molar-refractivity contribution is 5.98. The van der Waals surface area contributed by atoms with Gasteiger partial charge in [-0.25, -0.2) is 0 Å². The molecule has 9 nitrogen and oxygen atoms in total. The number of nitrogens with zero attached hydrogens (tertiary/aromatic N) is 4. The maximum atomic E-state index is 14.0. The van der Waals surface area contributed by atoms with Gasteiger partial charge in [-0.05, 0) is 97.8 Å². The van der Waals surface area contributed by atoms with Gasteiger partial charge in [0.2, 0.25) is 5.91 Å². The summed E-state index contributed by atoms with van der Waals surface area (Å²) in [7, 11) is 12.2. The number of amides is 2. The number of carbonyl (C=O) groups excluding carboxylic acids is 2. The molecule has 0 spiro atoms. The average molecular weight is 722 g/mol. The summed E-state index contributed by atoms with van der Waals surface area (Å²) >= 11 is 0. The maximum absolute atomic E-state index is 14.0. The van der Waals surface area contributed by atoms with Crippen molar-refractivity contribution in [3.63, 3.8) is 0 Å². The lowest BCUT2D eigenvalue weighted by molar-refractivity contribution is -0.137. The van der Waals surface area contributed by atoms with Gasteiger partial charge in [-0.3, -0.25) is 14.5 Å². The molecule has 3 aromatic rings. The zero-order valence-electron chi connectivity index (χ0n) is 33.5. The maximum Gasteiger partial charge on any atom is 0.251 e. The molecule has 0 unspecified atom stereocenters. The molecule has 2 amide bonds. The van der Waals surface area contributed by atoms with Crippen molar-refractivity contribution in [1.29, 1.82) is 0 Å². The largest absolute Gasteiger partial charge is 0.378 e. The summed E-state index contributed by atoms with van der Waals surface area (Å²) in [5.74, 6) is 1.86. The van der Waals surface area contributed by atoms with Crippen LogP contribution in [0.15, 0.2) is 66.7 Å². The third-order valence-electron chi connectivity index (χ3n) is 12.6. The average Bonchev–Trinajstić information content (AvgIpc) is 3.48. The molecule has 7 rings (SSSR count). The predicted octanol–water partition coefficient (Wildman–Crippen LogP) is 5.48. The molecule has 286 valence electrons. The Morgan fingerprint density at radius 2 is 1.66 bits per heavy atom. The monoisotopic (exact) mass is 722 g/mol. The number of likely N-dealkylation sites (N-methyl/N-ethyl adjacent to an activating group) is 1. The van der Waals surface area contributed by atoms with E-state index in [0.29, 0.717) is 48.2 Å². The number of anilines is 2. The zero-order chi connectivity index (χ0) is 38.2. The van der Waals surface area contributed by atoms with Crippen LogP contribution in [0.2, 0.25) is 0 Å². The molecule has 53 heavy (non-hydrogen) atoms. The highest BCUT2D eigenvalue weighted by atomic mass is 16.2. The summed E-state index contributed by atoms with van der Waals surface area (Å²) in [6, 6.07) is 22.7. The van der Waals surface area contributed by atoms with E-state index in [-0.39, 0.29) is 36.0 Å². The standard InChI is InChI=1S/C44H63N7O2/c1-28-38-22-33(44(38,2)3)23-39(28)47-43(53)40-24-34(45)26-51(40)25-30-16-13-17-37(41(30)50(8)9)31-19-32(21-36(20-31)49(6)7)42(52)46-35(27-48(4)5)18-29-14-11-10-12-15-29/h10-17,19-21,28,33-35,38-40H,18,22-27,45H2,1-9H3,(H,46,52)(H,47,53)/t28-,33-,34-,35-,38-,39-,40-/m0/s1. The van der Waals surface area contributed by atoms with E-state index in [0.717, 1.165) is 47.5 Å². The van der Waals surface area contributed by atoms with Crippen molar-refractivity contribution in [1.82, 2.24) is 20.4 Å². The summed E-state index contributed by atoms with van der Waals surface area (Å²) in [4.78, 5) is 36.6. The zero-order valence-corrected chi connectivity index (χ0v) is 33.5. The van der Waals surface area contributed by atoms with Gasteiger partial charge in [-0.2, -0.15) is 0 Å². The summed E-state index contributed by atoms with van der Waals surface area (Å²) in [5.41, 5.74) is 13.9. The van der Waals surface area contributed by atoms with Gasteiger partial charge in [0, 0.05) is 88.5 Å². The van der Waals surface area contributed by atoms with Crippen molar-refractivity contribution in [2.45, 2.75) is 77.2 Å². The molecule has 3 aromatic carbocycles. The third kappa shape index (κ3) is 8.43. The topological polar surface area (TPSA) is 97.2 Å². The molecule has 4 fully saturated rings. The minimum Gasteiger partial charge on any atom is -0.378 e. The number of para-hydroxylation sites is 1. The van der Waals surface area contributed by atoms with E-state index < -0.39 is 0 Å². The van der Waals surface area contributed by atoms with Gasteiger partial charge in [-0.15, -0.1) is 0 Å². The lowest BCUT2D eigenvalue weighted by Gasteiger charge is -2.62. The number of carbonyl (C=O) groups is 2. The number of benzene rings is 3. The van der Waals surface area contributed by atoms with Crippen molar-refractivity contribution in [3.05, 3.63) is 83.4 Å². The Balaban J connectivity index is 1.25. The second-order valence-electron chi connectivity index (χ2n) is 17.5. The van der Waals surface area contributed by atoms with E-state index in [1.165, 1.54) is 12.0 Å². The van der Waals surface area contributed by atoms with Crippen LogP contribution < -0.4 is 26.2 Å². The molecule has 1 saturated heterocycles. The first-order chi connectivity index (χ1) is 25.1. The van der Waals surface area contributed by atoms with Gasteiger partial charge < -0.3 is 31.1 Å². The molecule has 4 N–H and O–H groups in total. The highest BCUT2D eigenvalue weighted by Crippen LogP contribution is 2.61. The van der Waals surface area contributed by atoms with Crippen LogP contribution >= 0.6 is 0 Å². The Labute approximate surface area is 318 Å². The van der Waals surface area contributed by atoms with Crippen LogP contribution in [0.5, 0.6) is 0 Å². The fraction of sp³-hybridized carbons (Fsp3) is 0.545. The number of nitrogens with one attached hydrogen (secondary N) is 2. The quantitative estimate of drug-likeness (QED) is 0.215. The van der Waals surface area contributed by atoms with E-state index >= 15 is 0 Å². The molecular weight excluding hydrogens is 659 g/mol. The Morgan fingerprint density at radius 3 is 2.30 bits per heavy atom. The number of hydrogen-bond donors (Lipinski definition) is 3. The van der Waals surface area contributed by atoms with E-state index in [4.69, 9.17) is 5.73 Å². The molecule has 3 saturated carbocycles.